The van der Waals surface area contributed by atoms with E-state index in [1.807, 2.05) is 24.3 Å². The lowest BCUT2D eigenvalue weighted by Gasteiger charge is -2.14. The minimum absolute atomic E-state index is 0.0612. The lowest BCUT2D eigenvalue weighted by Crippen LogP contribution is -2.44. The number of ether oxygens (including phenoxy) is 1. The number of hydrogen-bond donors (Lipinski definition) is 1. The van der Waals surface area contributed by atoms with Crippen LogP contribution in [0.5, 0.6) is 5.75 Å². The lowest BCUT2D eigenvalue weighted by atomic mass is 10.1. The summed E-state index contributed by atoms with van der Waals surface area (Å²) < 4.78 is 5.53. The lowest BCUT2D eigenvalue weighted by molar-refractivity contribution is -0.130. The molecule has 1 aromatic carbocycles. The van der Waals surface area contributed by atoms with Crippen molar-refractivity contribution in [1.29, 1.82) is 0 Å². The third kappa shape index (κ3) is 2.46. The molecule has 2 rings (SSSR count). The van der Waals surface area contributed by atoms with Gasteiger partial charge in [-0.2, -0.15) is 0 Å². The summed E-state index contributed by atoms with van der Waals surface area (Å²) in [6.07, 6.45) is 0.0429. The summed E-state index contributed by atoms with van der Waals surface area (Å²) >= 11 is 0. The molecule has 1 aliphatic heterocycles. The number of rotatable bonds is 3. The van der Waals surface area contributed by atoms with E-state index in [9.17, 15) is 9.59 Å². The largest absolute Gasteiger partial charge is 0.480 e. The first-order valence-electron chi connectivity index (χ1n) is 5.63. The summed E-state index contributed by atoms with van der Waals surface area (Å²) in [5.41, 5.74) is 1.03. The van der Waals surface area contributed by atoms with Gasteiger partial charge < -0.3 is 10.1 Å². The fourth-order valence-electron chi connectivity index (χ4n) is 1.74. The quantitative estimate of drug-likeness (QED) is 0.850. The highest BCUT2D eigenvalue weighted by molar-refractivity contribution is 5.89. The van der Waals surface area contributed by atoms with Gasteiger partial charge in [-0.1, -0.05) is 18.2 Å². The molecule has 0 aromatic heterocycles. The zero-order chi connectivity index (χ0) is 12.4. The van der Waals surface area contributed by atoms with Gasteiger partial charge in [0.15, 0.2) is 11.9 Å². The van der Waals surface area contributed by atoms with Crippen LogP contribution in [0.1, 0.15) is 19.4 Å². The van der Waals surface area contributed by atoms with Gasteiger partial charge in [-0.05, 0) is 25.5 Å². The molecule has 1 aliphatic rings. The number of carbonyl (C=O) groups is 2. The number of ketones is 1. The van der Waals surface area contributed by atoms with E-state index in [1.54, 1.807) is 6.92 Å². The van der Waals surface area contributed by atoms with Gasteiger partial charge in [-0.3, -0.25) is 9.59 Å². The van der Waals surface area contributed by atoms with Gasteiger partial charge in [0.1, 0.15) is 5.75 Å². The maximum absolute atomic E-state index is 11.8. The predicted octanol–water partition coefficient (Wildman–Crippen LogP) is 1.08. The standard InChI is InChI=1S/C13H15NO3/c1-8(9(2)15)14-13(16)12-7-10-5-3-4-6-11(10)17-12/h3-6,8,12H,7H2,1-2H3,(H,14,16). The Hall–Kier alpha value is -1.84. The molecule has 90 valence electrons. The average molecular weight is 233 g/mol. The smallest absolute Gasteiger partial charge is 0.262 e. The van der Waals surface area contributed by atoms with Crippen LogP contribution in [0.2, 0.25) is 0 Å². The first-order valence-corrected chi connectivity index (χ1v) is 5.63. The number of amides is 1. The van der Waals surface area contributed by atoms with Crippen molar-refractivity contribution in [3.8, 4) is 5.75 Å². The fourth-order valence-corrected chi connectivity index (χ4v) is 1.74. The second-order valence-corrected chi connectivity index (χ2v) is 4.26. The molecule has 1 aromatic rings. The van der Waals surface area contributed by atoms with Crippen LogP contribution in [0, 0.1) is 0 Å². The summed E-state index contributed by atoms with van der Waals surface area (Å²) in [7, 11) is 0. The highest BCUT2D eigenvalue weighted by atomic mass is 16.5. The topological polar surface area (TPSA) is 55.4 Å². The Morgan fingerprint density at radius 1 is 1.41 bits per heavy atom. The molecule has 0 saturated carbocycles. The Bertz CT molecular complexity index is 431. The van der Waals surface area contributed by atoms with Crippen molar-refractivity contribution in [3.63, 3.8) is 0 Å². The van der Waals surface area contributed by atoms with E-state index in [0.29, 0.717) is 6.42 Å². The molecule has 1 amide bonds. The summed E-state index contributed by atoms with van der Waals surface area (Å²) in [5, 5.41) is 2.64. The monoisotopic (exact) mass is 233 g/mol. The molecule has 4 nitrogen and oxygen atoms in total. The Labute approximate surface area is 100.0 Å². The van der Waals surface area contributed by atoms with E-state index < -0.39 is 12.1 Å². The first-order chi connectivity index (χ1) is 8.08. The summed E-state index contributed by atoms with van der Waals surface area (Å²) in [5.74, 6) is 0.459. The Balaban J connectivity index is 1.99. The molecule has 1 heterocycles. The van der Waals surface area contributed by atoms with Gasteiger partial charge in [-0.15, -0.1) is 0 Å². The van der Waals surface area contributed by atoms with Gasteiger partial charge in [0.25, 0.3) is 5.91 Å². The predicted molar refractivity (Wildman–Crippen MR) is 62.8 cm³/mol. The van der Waals surface area contributed by atoms with E-state index in [0.717, 1.165) is 11.3 Å². The summed E-state index contributed by atoms with van der Waals surface area (Å²) in [6.45, 7) is 3.12. The highest BCUT2D eigenvalue weighted by Gasteiger charge is 2.29. The molecule has 2 unspecified atom stereocenters. The summed E-state index contributed by atoms with van der Waals surface area (Å²) in [4.78, 5) is 22.9. The molecule has 0 radical (unpaired) electrons. The van der Waals surface area contributed by atoms with Crippen LogP contribution in [0.4, 0.5) is 0 Å². The molecule has 17 heavy (non-hydrogen) atoms. The van der Waals surface area contributed by atoms with E-state index in [4.69, 9.17) is 4.74 Å². The van der Waals surface area contributed by atoms with Crippen LogP contribution in [-0.4, -0.2) is 23.8 Å². The van der Waals surface area contributed by atoms with Crippen LogP contribution in [-0.2, 0) is 16.0 Å². The van der Waals surface area contributed by atoms with Crippen molar-refractivity contribution in [2.45, 2.75) is 32.4 Å². The van der Waals surface area contributed by atoms with Crippen LogP contribution in [0.15, 0.2) is 24.3 Å². The molecular weight excluding hydrogens is 218 g/mol. The molecule has 1 N–H and O–H groups in total. The van der Waals surface area contributed by atoms with E-state index >= 15 is 0 Å². The second-order valence-electron chi connectivity index (χ2n) is 4.26. The molecule has 0 aliphatic carbocycles. The van der Waals surface area contributed by atoms with Gasteiger partial charge >= 0.3 is 0 Å². The minimum atomic E-state index is -0.519. The van der Waals surface area contributed by atoms with Gasteiger partial charge in [0, 0.05) is 6.42 Å². The van der Waals surface area contributed by atoms with Gasteiger partial charge in [0.05, 0.1) is 6.04 Å². The molecule has 2 atom stereocenters. The average Bonchev–Trinajstić information content (AvgIpc) is 2.72. The molecule has 0 spiro atoms. The van der Waals surface area contributed by atoms with Crippen LogP contribution < -0.4 is 10.1 Å². The molecule has 0 saturated heterocycles. The van der Waals surface area contributed by atoms with E-state index in [1.165, 1.54) is 6.92 Å². The molecule has 0 bridgehead atoms. The van der Waals surface area contributed by atoms with Crippen LogP contribution in [0.3, 0.4) is 0 Å². The first kappa shape index (κ1) is 11.6. The second kappa shape index (κ2) is 4.57. The van der Waals surface area contributed by atoms with Crippen LogP contribution >= 0.6 is 0 Å². The maximum atomic E-state index is 11.8. The molecule has 0 fully saturated rings. The number of fused-ring (bicyclic) bond motifs is 1. The number of nitrogens with one attached hydrogen (secondary N) is 1. The van der Waals surface area contributed by atoms with Crippen molar-refractivity contribution >= 4 is 11.7 Å². The zero-order valence-electron chi connectivity index (χ0n) is 9.90. The molecular formula is C13H15NO3. The zero-order valence-corrected chi connectivity index (χ0v) is 9.90. The maximum Gasteiger partial charge on any atom is 0.262 e. The summed E-state index contributed by atoms with van der Waals surface area (Å²) in [6, 6.07) is 7.11. The van der Waals surface area contributed by atoms with Crippen LogP contribution in [0.25, 0.3) is 0 Å². The highest BCUT2D eigenvalue weighted by Crippen LogP contribution is 2.28. The fraction of sp³-hybridized carbons (Fsp3) is 0.385. The Morgan fingerprint density at radius 3 is 2.76 bits per heavy atom. The third-order valence-corrected chi connectivity index (χ3v) is 2.91. The van der Waals surface area contributed by atoms with Crippen molar-refractivity contribution in [2.24, 2.45) is 0 Å². The minimum Gasteiger partial charge on any atom is -0.480 e. The van der Waals surface area contributed by atoms with E-state index in [-0.39, 0.29) is 11.7 Å². The SMILES string of the molecule is CC(=O)C(C)NC(=O)C1Cc2ccccc2O1. The number of Topliss-reactive ketones (excluding diaryl/α,β-unsaturated/α-hetero) is 1. The van der Waals surface area contributed by atoms with Crippen molar-refractivity contribution < 1.29 is 14.3 Å². The molecule has 4 heteroatoms. The number of benzene rings is 1. The number of carbonyl (C=O) groups excluding carboxylic acids is 2. The van der Waals surface area contributed by atoms with Gasteiger partial charge in [-0.25, -0.2) is 0 Å². The van der Waals surface area contributed by atoms with Crippen molar-refractivity contribution in [1.82, 2.24) is 5.32 Å². The Morgan fingerprint density at radius 2 is 2.12 bits per heavy atom. The van der Waals surface area contributed by atoms with Crippen molar-refractivity contribution in [2.75, 3.05) is 0 Å². The van der Waals surface area contributed by atoms with E-state index in [2.05, 4.69) is 5.32 Å². The third-order valence-electron chi connectivity index (χ3n) is 2.91. The number of para-hydroxylation sites is 1. The normalized spacial score (nSPS) is 19.1. The van der Waals surface area contributed by atoms with Gasteiger partial charge in [0.2, 0.25) is 0 Å². The Kier molecular flexibility index (Phi) is 3.13. The van der Waals surface area contributed by atoms with Crippen molar-refractivity contribution in [3.05, 3.63) is 29.8 Å². The number of hydrogen-bond acceptors (Lipinski definition) is 3.